The van der Waals surface area contributed by atoms with Crippen LogP contribution >= 0.6 is 0 Å². The van der Waals surface area contributed by atoms with Crippen molar-refractivity contribution in [3.63, 3.8) is 0 Å². The lowest BCUT2D eigenvalue weighted by Crippen LogP contribution is -2.21. The lowest BCUT2D eigenvalue weighted by molar-refractivity contribution is 0.601. The minimum atomic E-state index is -0.669. The molecule has 0 bridgehead atoms. The van der Waals surface area contributed by atoms with Crippen LogP contribution in [0.4, 0.5) is 14.6 Å². The van der Waals surface area contributed by atoms with Gasteiger partial charge >= 0.3 is 5.69 Å². The fraction of sp³-hybridized carbons (Fsp3) is 0.250. The van der Waals surface area contributed by atoms with Crippen LogP contribution in [0, 0.1) is 11.6 Å². The fourth-order valence-corrected chi connectivity index (χ4v) is 1.85. The van der Waals surface area contributed by atoms with Gasteiger partial charge in [0.05, 0.1) is 6.20 Å². The maximum Gasteiger partial charge on any atom is 0.353 e. The Bertz CT molecular complexity index is 726. The van der Waals surface area contributed by atoms with Crippen molar-refractivity contribution < 1.29 is 8.78 Å². The normalized spacial score (nSPS) is 11.0. The molecule has 4 nitrogen and oxygen atoms in total. The first-order chi connectivity index (χ1) is 10.6. The first kappa shape index (κ1) is 15.9. The number of allylic oxidation sites excluding steroid dienone is 1. The summed E-state index contributed by atoms with van der Waals surface area (Å²) in [6.07, 6.45) is 6.05. The second kappa shape index (κ2) is 7.49. The summed E-state index contributed by atoms with van der Waals surface area (Å²) in [6, 6.07) is 6.15. The van der Waals surface area contributed by atoms with Crippen molar-refractivity contribution in [2.75, 3.05) is 5.32 Å². The zero-order valence-corrected chi connectivity index (χ0v) is 12.2. The predicted molar refractivity (Wildman–Crippen MR) is 82.4 cm³/mol. The van der Waals surface area contributed by atoms with E-state index in [1.54, 1.807) is 24.3 Å². The Morgan fingerprint density at radius 3 is 2.77 bits per heavy atom. The molecule has 0 aliphatic heterocycles. The van der Waals surface area contributed by atoms with E-state index < -0.39 is 17.3 Å². The predicted octanol–water partition coefficient (Wildman–Crippen LogP) is 3.40. The van der Waals surface area contributed by atoms with Crippen LogP contribution in [0.5, 0.6) is 0 Å². The molecule has 0 atom stereocenters. The standard InChI is InChI=1S/C16H17F2N3O/c1-2-3-6-9-21-11-14(18)15(20-16(21)22)19-10-12-7-4-5-8-13(12)17/h4-9,11H,2-3,10H2,1H3,(H,19,20,22). The molecule has 0 spiro atoms. The zero-order valence-electron chi connectivity index (χ0n) is 12.2. The number of aromatic nitrogens is 2. The molecular weight excluding hydrogens is 288 g/mol. The summed E-state index contributed by atoms with van der Waals surface area (Å²) in [6.45, 7) is 2.05. The molecule has 0 radical (unpaired) electrons. The maximum atomic E-state index is 13.9. The number of anilines is 1. The topological polar surface area (TPSA) is 46.9 Å². The van der Waals surface area contributed by atoms with Crippen molar-refractivity contribution in [1.29, 1.82) is 0 Å². The molecule has 0 saturated carbocycles. The number of unbranched alkanes of at least 4 members (excludes halogenated alkanes) is 1. The van der Waals surface area contributed by atoms with Gasteiger partial charge in [0.2, 0.25) is 0 Å². The van der Waals surface area contributed by atoms with Gasteiger partial charge in [-0.25, -0.2) is 13.6 Å². The monoisotopic (exact) mass is 305 g/mol. The van der Waals surface area contributed by atoms with Crippen molar-refractivity contribution in [1.82, 2.24) is 9.55 Å². The highest BCUT2D eigenvalue weighted by atomic mass is 19.1. The van der Waals surface area contributed by atoms with E-state index in [2.05, 4.69) is 10.3 Å². The van der Waals surface area contributed by atoms with E-state index in [4.69, 9.17) is 0 Å². The molecule has 6 heteroatoms. The van der Waals surface area contributed by atoms with E-state index in [9.17, 15) is 13.6 Å². The Hall–Kier alpha value is -2.50. The smallest absolute Gasteiger partial charge is 0.353 e. The Balaban J connectivity index is 2.14. The molecule has 1 heterocycles. The van der Waals surface area contributed by atoms with Crippen LogP contribution in [0.2, 0.25) is 0 Å². The zero-order chi connectivity index (χ0) is 15.9. The summed E-state index contributed by atoms with van der Waals surface area (Å²) in [5.74, 6) is -1.25. The lowest BCUT2D eigenvalue weighted by atomic mass is 10.2. The first-order valence-corrected chi connectivity index (χ1v) is 7.04. The number of nitrogens with zero attached hydrogens (tertiary/aromatic N) is 2. The molecule has 0 saturated heterocycles. The number of nitrogens with one attached hydrogen (secondary N) is 1. The van der Waals surface area contributed by atoms with Gasteiger partial charge in [-0.2, -0.15) is 4.98 Å². The first-order valence-electron chi connectivity index (χ1n) is 7.04. The molecule has 22 heavy (non-hydrogen) atoms. The summed E-state index contributed by atoms with van der Waals surface area (Å²) in [5.41, 5.74) is -0.222. The van der Waals surface area contributed by atoms with Crippen molar-refractivity contribution in [3.8, 4) is 0 Å². The Kier molecular flexibility index (Phi) is 5.41. The minimum Gasteiger partial charge on any atom is -0.363 e. The largest absolute Gasteiger partial charge is 0.363 e. The van der Waals surface area contributed by atoms with Crippen LogP contribution in [0.1, 0.15) is 25.3 Å². The van der Waals surface area contributed by atoms with E-state index in [1.165, 1.54) is 12.3 Å². The minimum absolute atomic E-state index is 0.0473. The maximum absolute atomic E-state index is 13.9. The molecule has 1 aromatic heterocycles. The molecular formula is C16H17F2N3O. The third kappa shape index (κ3) is 4.00. The van der Waals surface area contributed by atoms with Gasteiger partial charge in [0.1, 0.15) is 5.82 Å². The Morgan fingerprint density at radius 1 is 1.27 bits per heavy atom. The fourth-order valence-electron chi connectivity index (χ4n) is 1.85. The number of hydrogen-bond acceptors (Lipinski definition) is 3. The van der Waals surface area contributed by atoms with Crippen LogP contribution in [0.3, 0.4) is 0 Å². The average Bonchev–Trinajstić information content (AvgIpc) is 2.50. The molecule has 0 aliphatic rings. The summed E-state index contributed by atoms with van der Waals surface area (Å²) < 4.78 is 28.5. The SMILES string of the molecule is CCCC=Cn1cc(F)c(NCc2ccccc2F)nc1=O. The molecule has 1 N–H and O–H groups in total. The molecule has 0 unspecified atom stereocenters. The molecule has 0 aliphatic carbocycles. The van der Waals surface area contributed by atoms with Crippen LogP contribution < -0.4 is 11.0 Å². The molecule has 0 amide bonds. The van der Waals surface area contributed by atoms with Crippen molar-refractivity contribution in [2.45, 2.75) is 26.3 Å². The van der Waals surface area contributed by atoms with Crippen molar-refractivity contribution >= 4 is 12.0 Å². The van der Waals surface area contributed by atoms with Crippen LogP contribution in [0.15, 0.2) is 41.3 Å². The molecule has 2 aromatic rings. The van der Waals surface area contributed by atoms with Crippen LogP contribution in [0.25, 0.3) is 6.20 Å². The molecule has 1 aromatic carbocycles. The average molecular weight is 305 g/mol. The highest BCUT2D eigenvalue weighted by Crippen LogP contribution is 2.11. The van der Waals surface area contributed by atoms with Gasteiger partial charge in [0.15, 0.2) is 11.6 Å². The molecule has 2 rings (SSSR count). The molecule has 116 valence electrons. The van der Waals surface area contributed by atoms with Gasteiger partial charge in [0, 0.05) is 18.3 Å². The number of rotatable bonds is 6. The highest BCUT2D eigenvalue weighted by Gasteiger charge is 2.08. The van der Waals surface area contributed by atoms with E-state index in [0.29, 0.717) is 5.56 Å². The summed E-state index contributed by atoms with van der Waals surface area (Å²) in [4.78, 5) is 15.4. The van der Waals surface area contributed by atoms with E-state index >= 15 is 0 Å². The number of hydrogen-bond donors (Lipinski definition) is 1. The number of benzene rings is 1. The molecule has 0 fully saturated rings. The van der Waals surface area contributed by atoms with Gasteiger partial charge in [-0.05, 0) is 12.5 Å². The summed E-state index contributed by atoms with van der Waals surface area (Å²) in [7, 11) is 0. The highest BCUT2D eigenvalue weighted by molar-refractivity contribution is 5.37. The van der Waals surface area contributed by atoms with Crippen LogP contribution in [-0.2, 0) is 6.54 Å². The van der Waals surface area contributed by atoms with E-state index in [0.717, 1.165) is 23.6 Å². The van der Waals surface area contributed by atoms with Gasteiger partial charge in [-0.15, -0.1) is 0 Å². The Labute approximate surface area is 127 Å². The van der Waals surface area contributed by atoms with E-state index in [-0.39, 0.29) is 12.4 Å². The third-order valence-electron chi connectivity index (χ3n) is 3.03. The van der Waals surface area contributed by atoms with Gasteiger partial charge in [0.25, 0.3) is 0 Å². The summed E-state index contributed by atoms with van der Waals surface area (Å²) >= 11 is 0. The summed E-state index contributed by atoms with van der Waals surface area (Å²) in [5, 5.41) is 2.64. The number of halogens is 2. The van der Waals surface area contributed by atoms with Gasteiger partial charge < -0.3 is 5.32 Å². The third-order valence-corrected chi connectivity index (χ3v) is 3.03. The van der Waals surface area contributed by atoms with E-state index in [1.807, 2.05) is 6.92 Å². The van der Waals surface area contributed by atoms with Crippen molar-refractivity contribution in [2.24, 2.45) is 0 Å². The second-order valence-corrected chi connectivity index (χ2v) is 4.75. The van der Waals surface area contributed by atoms with Gasteiger partial charge in [-0.3, -0.25) is 4.57 Å². The van der Waals surface area contributed by atoms with Gasteiger partial charge in [-0.1, -0.05) is 37.6 Å². The second-order valence-electron chi connectivity index (χ2n) is 4.75. The Morgan fingerprint density at radius 2 is 2.05 bits per heavy atom. The quantitative estimate of drug-likeness (QED) is 0.889. The van der Waals surface area contributed by atoms with Crippen molar-refractivity contribution in [3.05, 3.63) is 64.2 Å². The lowest BCUT2D eigenvalue weighted by Gasteiger charge is -2.08. The van der Waals surface area contributed by atoms with Crippen LogP contribution in [-0.4, -0.2) is 9.55 Å².